The van der Waals surface area contributed by atoms with E-state index in [1.165, 1.54) is 33.3 Å². The van der Waals surface area contributed by atoms with Crippen LogP contribution >= 0.6 is 0 Å². The molecular weight excluding hydrogens is 284 g/mol. The molecule has 1 aromatic heterocycles. The van der Waals surface area contributed by atoms with Crippen LogP contribution in [0.2, 0.25) is 0 Å². The number of aryl methyl sites for hydroxylation is 2. The number of aromatic nitrogens is 1. The van der Waals surface area contributed by atoms with Crippen molar-refractivity contribution in [2.75, 3.05) is 13.7 Å². The highest BCUT2D eigenvalue weighted by atomic mass is 16.5. The molecule has 0 saturated carbocycles. The SMILES string of the molecule is COc1ccc(-c2[nH]c3ccc(C)cc3c2CCCCN)cc1. The fourth-order valence-electron chi connectivity index (χ4n) is 3.07. The van der Waals surface area contributed by atoms with Gasteiger partial charge in [-0.05, 0) is 80.3 Å². The summed E-state index contributed by atoms with van der Waals surface area (Å²) in [5.74, 6) is 0.880. The third-order valence-corrected chi connectivity index (χ3v) is 4.32. The predicted octanol–water partition coefficient (Wildman–Crippen LogP) is 4.43. The first-order chi connectivity index (χ1) is 11.2. The molecule has 0 unspecified atom stereocenters. The number of hydrogen-bond acceptors (Lipinski definition) is 2. The third kappa shape index (κ3) is 3.25. The van der Waals surface area contributed by atoms with Gasteiger partial charge in [-0.3, -0.25) is 0 Å². The molecule has 0 spiro atoms. The highest BCUT2D eigenvalue weighted by Gasteiger charge is 2.13. The zero-order chi connectivity index (χ0) is 16.2. The maximum absolute atomic E-state index is 5.66. The highest BCUT2D eigenvalue weighted by molar-refractivity contribution is 5.91. The predicted molar refractivity (Wildman–Crippen MR) is 97.0 cm³/mol. The van der Waals surface area contributed by atoms with Crippen molar-refractivity contribution in [3.63, 3.8) is 0 Å². The van der Waals surface area contributed by atoms with Gasteiger partial charge in [0.15, 0.2) is 0 Å². The van der Waals surface area contributed by atoms with Crippen LogP contribution in [0.5, 0.6) is 5.75 Å². The van der Waals surface area contributed by atoms with Crippen LogP contribution < -0.4 is 10.5 Å². The molecule has 3 aromatic rings. The summed E-state index contributed by atoms with van der Waals surface area (Å²) in [5, 5.41) is 1.33. The number of hydrogen-bond donors (Lipinski definition) is 2. The molecule has 0 aliphatic rings. The Kier molecular flexibility index (Phi) is 4.68. The summed E-state index contributed by atoms with van der Waals surface area (Å²) in [5.41, 5.74) is 12.0. The van der Waals surface area contributed by atoms with Crippen molar-refractivity contribution in [1.29, 1.82) is 0 Å². The van der Waals surface area contributed by atoms with Gasteiger partial charge in [0.1, 0.15) is 5.75 Å². The fourth-order valence-corrected chi connectivity index (χ4v) is 3.07. The molecule has 0 atom stereocenters. The largest absolute Gasteiger partial charge is 0.497 e. The number of unbranched alkanes of at least 4 members (excludes halogenated alkanes) is 1. The van der Waals surface area contributed by atoms with Crippen molar-refractivity contribution in [2.45, 2.75) is 26.2 Å². The van der Waals surface area contributed by atoms with E-state index in [-0.39, 0.29) is 0 Å². The van der Waals surface area contributed by atoms with Gasteiger partial charge in [0, 0.05) is 16.6 Å². The molecular formula is C20H24N2O. The van der Waals surface area contributed by atoms with E-state index >= 15 is 0 Å². The summed E-state index contributed by atoms with van der Waals surface area (Å²) in [4.78, 5) is 3.60. The quantitative estimate of drug-likeness (QED) is 0.662. The lowest BCUT2D eigenvalue weighted by Gasteiger charge is -2.06. The van der Waals surface area contributed by atoms with Crippen molar-refractivity contribution in [2.24, 2.45) is 5.73 Å². The summed E-state index contributed by atoms with van der Waals surface area (Å²) < 4.78 is 5.27. The van der Waals surface area contributed by atoms with Gasteiger partial charge in [-0.15, -0.1) is 0 Å². The van der Waals surface area contributed by atoms with E-state index in [4.69, 9.17) is 10.5 Å². The van der Waals surface area contributed by atoms with Crippen molar-refractivity contribution in [1.82, 2.24) is 4.98 Å². The standard InChI is InChI=1S/C20H24N2O/c1-14-6-11-19-18(13-14)17(5-3-4-12-21)20(22-19)15-7-9-16(23-2)10-8-15/h6-11,13,22H,3-5,12,21H2,1-2H3. The molecule has 0 bridgehead atoms. The molecule has 1 heterocycles. The Morgan fingerprint density at radius 1 is 1.04 bits per heavy atom. The monoisotopic (exact) mass is 308 g/mol. The van der Waals surface area contributed by atoms with E-state index < -0.39 is 0 Å². The molecule has 0 amide bonds. The third-order valence-electron chi connectivity index (χ3n) is 4.32. The maximum Gasteiger partial charge on any atom is 0.118 e. The first-order valence-electron chi connectivity index (χ1n) is 8.18. The van der Waals surface area contributed by atoms with Gasteiger partial charge >= 0.3 is 0 Å². The average molecular weight is 308 g/mol. The Morgan fingerprint density at radius 2 is 1.83 bits per heavy atom. The number of H-pyrrole nitrogens is 1. The van der Waals surface area contributed by atoms with Crippen LogP contribution in [0.1, 0.15) is 24.0 Å². The van der Waals surface area contributed by atoms with Gasteiger partial charge in [-0.1, -0.05) is 11.6 Å². The lowest BCUT2D eigenvalue weighted by molar-refractivity contribution is 0.415. The highest BCUT2D eigenvalue weighted by Crippen LogP contribution is 2.33. The topological polar surface area (TPSA) is 51.0 Å². The lowest BCUT2D eigenvalue weighted by atomic mass is 9.99. The van der Waals surface area contributed by atoms with Crippen LogP contribution in [-0.2, 0) is 6.42 Å². The first kappa shape index (κ1) is 15.6. The Bertz CT molecular complexity index is 787. The van der Waals surface area contributed by atoms with Gasteiger partial charge in [0.05, 0.1) is 7.11 Å². The number of ether oxygens (including phenoxy) is 1. The van der Waals surface area contributed by atoms with Gasteiger partial charge in [-0.2, -0.15) is 0 Å². The minimum Gasteiger partial charge on any atom is -0.497 e. The molecule has 3 heteroatoms. The van der Waals surface area contributed by atoms with E-state index in [1.54, 1.807) is 7.11 Å². The molecule has 23 heavy (non-hydrogen) atoms. The maximum atomic E-state index is 5.66. The van der Waals surface area contributed by atoms with Crippen LogP contribution in [0, 0.1) is 6.92 Å². The van der Waals surface area contributed by atoms with Crippen molar-refractivity contribution in [3.8, 4) is 17.0 Å². The van der Waals surface area contributed by atoms with Gasteiger partial charge in [0.2, 0.25) is 0 Å². The molecule has 0 radical (unpaired) electrons. The fraction of sp³-hybridized carbons (Fsp3) is 0.300. The molecule has 2 aromatic carbocycles. The Balaban J connectivity index is 2.07. The van der Waals surface area contributed by atoms with Crippen LogP contribution in [0.4, 0.5) is 0 Å². The number of fused-ring (bicyclic) bond motifs is 1. The summed E-state index contributed by atoms with van der Waals surface area (Å²) in [7, 11) is 1.69. The zero-order valence-electron chi connectivity index (χ0n) is 13.9. The van der Waals surface area contributed by atoms with Crippen molar-refractivity contribution < 1.29 is 4.74 Å². The second kappa shape index (κ2) is 6.88. The van der Waals surface area contributed by atoms with Crippen LogP contribution in [-0.4, -0.2) is 18.6 Å². The second-order valence-electron chi connectivity index (χ2n) is 6.00. The van der Waals surface area contributed by atoms with Gasteiger partial charge < -0.3 is 15.5 Å². The number of nitrogens with one attached hydrogen (secondary N) is 1. The smallest absolute Gasteiger partial charge is 0.118 e. The zero-order valence-corrected chi connectivity index (χ0v) is 13.9. The summed E-state index contributed by atoms with van der Waals surface area (Å²) >= 11 is 0. The van der Waals surface area contributed by atoms with Crippen LogP contribution in [0.15, 0.2) is 42.5 Å². The molecule has 3 N–H and O–H groups in total. The Hall–Kier alpha value is -2.26. The minimum atomic E-state index is 0.749. The molecule has 0 fully saturated rings. The van der Waals surface area contributed by atoms with E-state index in [2.05, 4.69) is 42.2 Å². The first-order valence-corrected chi connectivity index (χ1v) is 8.18. The summed E-state index contributed by atoms with van der Waals surface area (Å²) in [6.45, 7) is 2.89. The lowest BCUT2D eigenvalue weighted by Crippen LogP contribution is -1.99. The summed E-state index contributed by atoms with van der Waals surface area (Å²) in [6, 6.07) is 14.8. The van der Waals surface area contributed by atoms with E-state index in [1.807, 2.05) is 12.1 Å². The molecule has 120 valence electrons. The minimum absolute atomic E-state index is 0.749. The number of benzene rings is 2. The van der Waals surface area contributed by atoms with Crippen LogP contribution in [0.3, 0.4) is 0 Å². The number of aromatic amines is 1. The van der Waals surface area contributed by atoms with Gasteiger partial charge in [-0.25, -0.2) is 0 Å². The number of methoxy groups -OCH3 is 1. The van der Waals surface area contributed by atoms with E-state index in [0.29, 0.717) is 0 Å². The van der Waals surface area contributed by atoms with E-state index in [0.717, 1.165) is 31.6 Å². The van der Waals surface area contributed by atoms with E-state index in [9.17, 15) is 0 Å². The Morgan fingerprint density at radius 3 is 2.52 bits per heavy atom. The Labute approximate surface area is 137 Å². The van der Waals surface area contributed by atoms with Crippen LogP contribution in [0.25, 0.3) is 22.2 Å². The van der Waals surface area contributed by atoms with Crippen molar-refractivity contribution in [3.05, 3.63) is 53.6 Å². The second-order valence-corrected chi connectivity index (χ2v) is 6.00. The molecule has 0 aliphatic heterocycles. The number of rotatable bonds is 6. The summed E-state index contributed by atoms with van der Waals surface area (Å²) in [6.07, 6.45) is 3.21. The van der Waals surface area contributed by atoms with Crippen molar-refractivity contribution >= 4 is 10.9 Å². The average Bonchev–Trinajstić information content (AvgIpc) is 2.93. The molecule has 0 aliphatic carbocycles. The molecule has 3 rings (SSSR count). The number of nitrogens with two attached hydrogens (primary N) is 1. The molecule has 0 saturated heterocycles. The van der Waals surface area contributed by atoms with Gasteiger partial charge in [0.25, 0.3) is 0 Å². The normalized spacial score (nSPS) is 11.1. The molecule has 3 nitrogen and oxygen atoms in total.